The molecule has 0 amide bonds. The molecule has 0 aliphatic heterocycles. The predicted octanol–water partition coefficient (Wildman–Crippen LogP) is 3.76. The summed E-state index contributed by atoms with van der Waals surface area (Å²) in [5, 5.41) is 5.48. The number of nitrogens with zero attached hydrogens (tertiary/aromatic N) is 3. The standard InChI is InChI=1S/C17H15FN3/c1-10-16-14(11-5-7-13(18)8-6-11)9-15(12-3-4-12)19-17(16)21(2)20-10/h5-8,12H,3-4H2,1-2H3. The molecule has 1 aliphatic rings. The van der Waals surface area contributed by atoms with E-state index in [1.54, 1.807) is 12.1 Å². The SMILES string of the molecule is Cc1nn(C)c2nc(C3CC3)[c]c(-c3ccc(F)cc3)c12. The Morgan fingerprint density at radius 1 is 1.24 bits per heavy atom. The lowest BCUT2D eigenvalue weighted by atomic mass is 10.0. The first-order valence-electron chi connectivity index (χ1n) is 7.16. The highest BCUT2D eigenvalue weighted by Crippen LogP contribution is 2.41. The van der Waals surface area contributed by atoms with E-state index in [0.717, 1.165) is 33.5 Å². The van der Waals surface area contributed by atoms with Gasteiger partial charge in [-0.05, 0) is 37.5 Å². The third-order valence-electron chi connectivity index (χ3n) is 4.02. The third kappa shape index (κ3) is 2.02. The van der Waals surface area contributed by atoms with E-state index in [1.165, 1.54) is 25.0 Å². The van der Waals surface area contributed by atoms with Crippen LogP contribution in [0.25, 0.3) is 22.2 Å². The van der Waals surface area contributed by atoms with E-state index in [4.69, 9.17) is 4.98 Å². The fourth-order valence-corrected chi connectivity index (χ4v) is 2.78. The Morgan fingerprint density at radius 2 is 1.95 bits per heavy atom. The summed E-state index contributed by atoms with van der Waals surface area (Å²) in [6.07, 6.45) is 2.35. The summed E-state index contributed by atoms with van der Waals surface area (Å²) < 4.78 is 15.0. The monoisotopic (exact) mass is 280 g/mol. The van der Waals surface area contributed by atoms with Gasteiger partial charge < -0.3 is 0 Å². The maximum Gasteiger partial charge on any atom is 0.158 e. The van der Waals surface area contributed by atoms with E-state index in [1.807, 2.05) is 18.7 Å². The molecule has 1 aliphatic carbocycles. The molecule has 4 heteroatoms. The normalized spacial score (nSPS) is 14.8. The lowest BCUT2D eigenvalue weighted by Crippen LogP contribution is -1.96. The van der Waals surface area contributed by atoms with Crippen molar-refractivity contribution < 1.29 is 4.39 Å². The van der Waals surface area contributed by atoms with Crippen molar-refractivity contribution in [3.8, 4) is 11.1 Å². The minimum absolute atomic E-state index is 0.227. The number of hydrogen-bond acceptors (Lipinski definition) is 2. The number of aromatic nitrogens is 3. The van der Waals surface area contributed by atoms with Gasteiger partial charge in [-0.1, -0.05) is 12.1 Å². The Balaban J connectivity index is 2.03. The molecule has 3 nitrogen and oxygen atoms in total. The lowest BCUT2D eigenvalue weighted by Gasteiger charge is -2.07. The van der Waals surface area contributed by atoms with Crippen molar-refractivity contribution in [1.29, 1.82) is 0 Å². The van der Waals surface area contributed by atoms with Crippen molar-refractivity contribution in [1.82, 2.24) is 14.8 Å². The molecule has 4 rings (SSSR count). The summed E-state index contributed by atoms with van der Waals surface area (Å²) in [6, 6.07) is 10.0. The van der Waals surface area contributed by atoms with Crippen LogP contribution in [-0.2, 0) is 7.05 Å². The summed E-state index contributed by atoms with van der Waals surface area (Å²) >= 11 is 0. The van der Waals surface area contributed by atoms with Crippen molar-refractivity contribution in [3.05, 3.63) is 47.5 Å². The lowest BCUT2D eigenvalue weighted by molar-refractivity contribution is 0.628. The smallest absolute Gasteiger partial charge is 0.158 e. The summed E-state index contributed by atoms with van der Waals surface area (Å²) in [5.41, 5.74) is 4.75. The van der Waals surface area contributed by atoms with Crippen molar-refractivity contribution in [2.24, 2.45) is 7.05 Å². The average molecular weight is 280 g/mol. The van der Waals surface area contributed by atoms with Gasteiger partial charge in [-0.25, -0.2) is 9.37 Å². The number of halogens is 1. The zero-order valence-electron chi connectivity index (χ0n) is 12.0. The maximum atomic E-state index is 13.2. The molecule has 2 aromatic heterocycles. The Labute approximate surface area is 122 Å². The minimum Gasteiger partial charge on any atom is -0.250 e. The van der Waals surface area contributed by atoms with Gasteiger partial charge in [-0.15, -0.1) is 0 Å². The van der Waals surface area contributed by atoms with Gasteiger partial charge in [0.2, 0.25) is 0 Å². The van der Waals surface area contributed by atoms with Crippen LogP contribution in [0.2, 0.25) is 0 Å². The topological polar surface area (TPSA) is 30.7 Å². The Kier molecular flexibility index (Phi) is 2.61. The first-order chi connectivity index (χ1) is 10.1. The van der Waals surface area contributed by atoms with Crippen LogP contribution in [0.1, 0.15) is 30.1 Å². The van der Waals surface area contributed by atoms with Crippen LogP contribution in [-0.4, -0.2) is 14.8 Å². The number of hydrogen-bond donors (Lipinski definition) is 0. The van der Waals surface area contributed by atoms with Crippen molar-refractivity contribution in [2.45, 2.75) is 25.7 Å². The molecular weight excluding hydrogens is 265 g/mol. The number of pyridine rings is 1. The molecule has 1 aromatic carbocycles. The fraction of sp³-hybridized carbons (Fsp3) is 0.294. The van der Waals surface area contributed by atoms with Gasteiger partial charge in [0.25, 0.3) is 0 Å². The largest absolute Gasteiger partial charge is 0.250 e. The molecule has 2 heterocycles. The molecule has 0 saturated heterocycles. The van der Waals surface area contributed by atoms with Crippen LogP contribution in [0.5, 0.6) is 0 Å². The van der Waals surface area contributed by atoms with Crippen LogP contribution in [0, 0.1) is 18.8 Å². The quantitative estimate of drug-likeness (QED) is 0.715. The Morgan fingerprint density at radius 3 is 2.62 bits per heavy atom. The van der Waals surface area contributed by atoms with Gasteiger partial charge in [-0.3, -0.25) is 4.68 Å². The molecule has 3 aromatic rings. The first kappa shape index (κ1) is 12.5. The Bertz CT molecular complexity index is 829. The van der Waals surface area contributed by atoms with E-state index < -0.39 is 0 Å². The second-order valence-corrected chi connectivity index (χ2v) is 5.69. The van der Waals surface area contributed by atoms with Gasteiger partial charge in [-0.2, -0.15) is 5.10 Å². The maximum absolute atomic E-state index is 13.2. The second kappa shape index (κ2) is 4.38. The van der Waals surface area contributed by atoms with Gasteiger partial charge in [0.15, 0.2) is 5.65 Å². The van der Waals surface area contributed by atoms with Gasteiger partial charge in [0.1, 0.15) is 5.82 Å². The molecule has 0 atom stereocenters. The number of fused-ring (bicyclic) bond motifs is 1. The van der Waals surface area contributed by atoms with Gasteiger partial charge in [0, 0.05) is 24.6 Å². The van der Waals surface area contributed by atoms with Crippen LogP contribution in [0.15, 0.2) is 24.3 Å². The third-order valence-corrected chi connectivity index (χ3v) is 4.02. The van der Waals surface area contributed by atoms with Crippen LogP contribution in [0.3, 0.4) is 0 Å². The molecule has 1 saturated carbocycles. The van der Waals surface area contributed by atoms with E-state index in [0.29, 0.717) is 5.92 Å². The van der Waals surface area contributed by atoms with Crippen LogP contribution < -0.4 is 0 Å². The van der Waals surface area contributed by atoms with Gasteiger partial charge in [0.05, 0.1) is 16.8 Å². The molecule has 0 unspecified atom stereocenters. The molecule has 0 spiro atoms. The highest BCUT2D eigenvalue weighted by molar-refractivity contribution is 5.94. The zero-order chi connectivity index (χ0) is 14.6. The van der Waals surface area contributed by atoms with Crippen LogP contribution in [0.4, 0.5) is 4.39 Å². The molecule has 0 N–H and O–H groups in total. The second-order valence-electron chi connectivity index (χ2n) is 5.69. The molecule has 105 valence electrons. The first-order valence-corrected chi connectivity index (χ1v) is 7.16. The summed E-state index contributed by atoms with van der Waals surface area (Å²) in [5.74, 6) is 0.290. The number of benzene rings is 1. The highest BCUT2D eigenvalue weighted by atomic mass is 19.1. The average Bonchev–Trinajstić information content (AvgIpc) is 3.27. The molecule has 1 fully saturated rings. The van der Waals surface area contributed by atoms with E-state index in [-0.39, 0.29) is 5.82 Å². The van der Waals surface area contributed by atoms with E-state index in [9.17, 15) is 4.39 Å². The molecule has 0 bridgehead atoms. The van der Waals surface area contributed by atoms with E-state index >= 15 is 0 Å². The highest BCUT2D eigenvalue weighted by Gasteiger charge is 2.27. The summed E-state index contributed by atoms with van der Waals surface area (Å²) in [7, 11) is 1.91. The number of aryl methyl sites for hydroxylation is 2. The van der Waals surface area contributed by atoms with Gasteiger partial charge >= 0.3 is 0 Å². The summed E-state index contributed by atoms with van der Waals surface area (Å²) in [6.45, 7) is 1.97. The van der Waals surface area contributed by atoms with E-state index in [2.05, 4.69) is 11.2 Å². The predicted molar refractivity (Wildman–Crippen MR) is 79.5 cm³/mol. The van der Waals surface area contributed by atoms with Crippen molar-refractivity contribution in [2.75, 3.05) is 0 Å². The molecule has 21 heavy (non-hydrogen) atoms. The summed E-state index contributed by atoms with van der Waals surface area (Å²) in [4.78, 5) is 4.73. The number of rotatable bonds is 2. The zero-order valence-corrected chi connectivity index (χ0v) is 12.0. The Hall–Kier alpha value is -2.23. The molecule has 1 radical (unpaired) electrons. The van der Waals surface area contributed by atoms with Crippen molar-refractivity contribution in [3.63, 3.8) is 0 Å². The fourth-order valence-electron chi connectivity index (χ4n) is 2.78. The van der Waals surface area contributed by atoms with Crippen LogP contribution >= 0.6 is 0 Å². The molecular formula is C17H15FN3. The minimum atomic E-state index is -0.227. The van der Waals surface area contributed by atoms with Crippen molar-refractivity contribution >= 4 is 11.0 Å².